The summed E-state index contributed by atoms with van der Waals surface area (Å²) >= 11 is 0. The summed E-state index contributed by atoms with van der Waals surface area (Å²) < 4.78 is 0. The van der Waals surface area contributed by atoms with E-state index in [-0.39, 0.29) is 11.6 Å². The number of carbonyl (C=O) groups is 1. The molecule has 1 aliphatic carbocycles. The molecule has 1 aliphatic rings. The van der Waals surface area contributed by atoms with Crippen molar-refractivity contribution in [1.29, 1.82) is 0 Å². The van der Waals surface area contributed by atoms with Gasteiger partial charge in [-0.25, -0.2) is 4.79 Å². The van der Waals surface area contributed by atoms with Crippen molar-refractivity contribution in [3.05, 3.63) is 0 Å². The first-order valence-corrected chi connectivity index (χ1v) is 7.83. The lowest BCUT2D eigenvalue weighted by Crippen LogP contribution is -2.53. The van der Waals surface area contributed by atoms with Crippen molar-refractivity contribution in [2.45, 2.75) is 77.9 Å². The standard InChI is InChI=1S/C15H30N4O/c1-6-19(7-2)13(20)16-15(11-9-8-10-12-15)18-17-14(3,4)5/h6-12H2,1-5H3,(H,16,20)/b18-17+. The zero-order valence-corrected chi connectivity index (χ0v) is 13.7. The molecule has 0 aromatic rings. The van der Waals surface area contributed by atoms with E-state index in [9.17, 15) is 4.79 Å². The largest absolute Gasteiger partial charge is 0.325 e. The van der Waals surface area contributed by atoms with E-state index in [2.05, 4.69) is 15.5 Å². The first kappa shape index (κ1) is 16.9. The highest BCUT2D eigenvalue weighted by Gasteiger charge is 2.35. The normalized spacial score (nSPS) is 19.1. The first-order valence-electron chi connectivity index (χ1n) is 7.83. The molecular formula is C15H30N4O. The van der Waals surface area contributed by atoms with Crippen LogP contribution in [0.3, 0.4) is 0 Å². The number of nitrogens with one attached hydrogen (secondary N) is 1. The Bertz CT molecular complexity index is 336. The minimum atomic E-state index is -0.495. The van der Waals surface area contributed by atoms with Crippen molar-refractivity contribution in [1.82, 2.24) is 10.2 Å². The Labute approximate surface area is 123 Å². The average Bonchev–Trinajstić information content (AvgIpc) is 2.38. The summed E-state index contributed by atoms with van der Waals surface area (Å²) in [5.74, 6) is 0. The van der Waals surface area contributed by atoms with Crippen LogP contribution in [0.2, 0.25) is 0 Å². The average molecular weight is 282 g/mol. The van der Waals surface area contributed by atoms with Crippen LogP contribution in [0.4, 0.5) is 4.79 Å². The van der Waals surface area contributed by atoms with Crippen molar-refractivity contribution < 1.29 is 4.79 Å². The fraction of sp³-hybridized carbons (Fsp3) is 0.933. The number of nitrogens with zero attached hydrogens (tertiary/aromatic N) is 3. The van der Waals surface area contributed by atoms with Gasteiger partial charge in [-0.1, -0.05) is 6.42 Å². The fourth-order valence-corrected chi connectivity index (χ4v) is 2.42. The lowest BCUT2D eigenvalue weighted by atomic mass is 9.89. The molecule has 116 valence electrons. The molecule has 0 radical (unpaired) electrons. The predicted octanol–water partition coefficient (Wildman–Crippen LogP) is 3.95. The molecule has 5 nitrogen and oxygen atoms in total. The van der Waals surface area contributed by atoms with Crippen LogP contribution in [-0.4, -0.2) is 35.2 Å². The molecule has 0 aromatic heterocycles. The third-order valence-corrected chi connectivity index (χ3v) is 3.61. The van der Waals surface area contributed by atoms with E-state index in [0.717, 1.165) is 38.8 Å². The molecular weight excluding hydrogens is 252 g/mol. The third-order valence-electron chi connectivity index (χ3n) is 3.61. The van der Waals surface area contributed by atoms with Gasteiger partial charge in [0.1, 0.15) is 0 Å². The highest BCUT2D eigenvalue weighted by Crippen LogP contribution is 2.31. The molecule has 0 atom stereocenters. The van der Waals surface area contributed by atoms with Crippen molar-refractivity contribution in [2.75, 3.05) is 13.1 Å². The van der Waals surface area contributed by atoms with Gasteiger partial charge in [-0.05, 0) is 60.3 Å². The quantitative estimate of drug-likeness (QED) is 0.780. The molecule has 0 aliphatic heterocycles. The molecule has 0 unspecified atom stereocenters. The van der Waals surface area contributed by atoms with E-state index in [4.69, 9.17) is 0 Å². The molecule has 0 bridgehead atoms. The molecule has 1 saturated carbocycles. The van der Waals surface area contributed by atoms with Gasteiger partial charge in [0.05, 0.1) is 5.54 Å². The first-order chi connectivity index (χ1) is 9.32. The van der Waals surface area contributed by atoms with E-state index in [0.29, 0.717) is 0 Å². The van der Waals surface area contributed by atoms with Crippen molar-refractivity contribution in [3.63, 3.8) is 0 Å². The van der Waals surface area contributed by atoms with Gasteiger partial charge in [-0.3, -0.25) is 0 Å². The van der Waals surface area contributed by atoms with E-state index in [1.165, 1.54) is 6.42 Å². The van der Waals surface area contributed by atoms with Crippen LogP contribution in [0, 0.1) is 0 Å². The molecule has 2 amide bonds. The summed E-state index contributed by atoms with van der Waals surface area (Å²) in [7, 11) is 0. The second-order valence-electron chi connectivity index (χ2n) is 6.57. The second-order valence-corrected chi connectivity index (χ2v) is 6.57. The van der Waals surface area contributed by atoms with Crippen LogP contribution < -0.4 is 5.32 Å². The van der Waals surface area contributed by atoms with E-state index >= 15 is 0 Å². The zero-order chi connectivity index (χ0) is 15.2. The third kappa shape index (κ3) is 5.10. The predicted molar refractivity (Wildman–Crippen MR) is 81.9 cm³/mol. The Morgan fingerprint density at radius 2 is 1.70 bits per heavy atom. The zero-order valence-electron chi connectivity index (χ0n) is 13.7. The van der Waals surface area contributed by atoms with Crippen LogP contribution in [-0.2, 0) is 0 Å². The number of urea groups is 1. The fourth-order valence-electron chi connectivity index (χ4n) is 2.42. The Morgan fingerprint density at radius 3 is 2.15 bits per heavy atom. The van der Waals surface area contributed by atoms with Crippen LogP contribution in [0.15, 0.2) is 10.2 Å². The maximum atomic E-state index is 12.3. The van der Waals surface area contributed by atoms with Gasteiger partial charge in [-0.15, -0.1) is 0 Å². The molecule has 5 heteroatoms. The number of hydrogen-bond donors (Lipinski definition) is 1. The summed E-state index contributed by atoms with van der Waals surface area (Å²) in [4.78, 5) is 14.1. The summed E-state index contributed by atoms with van der Waals surface area (Å²) in [6.07, 6.45) is 5.19. The Hall–Kier alpha value is -1.13. The van der Waals surface area contributed by atoms with E-state index < -0.39 is 5.66 Å². The molecule has 0 saturated heterocycles. The van der Waals surface area contributed by atoms with Gasteiger partial charge >= 0.3 is 6.03 Å². The van der Waals surface area contributed by atoms with Crippen molar-refractivity contribution in [2.24, 2.45) is 10.2 Å². The molecule has 0 heterocycles. The lowest BCUT2D eigenvalue weighted by molar-refractivity contribution is 0.169. The maximum absolute atomic E-state index is 12.3. The van der Waals surface area contributed by atoms with Gasteiger partial charge in [0.2, 0.25) is 0 Å². The van der Waals surface area contributed by atoms with Crippen LogP contribution in [0.1, 0.15) is 66.7 Å². The highest BCUT2D eigenvalue weighted by atomic mass is 16.2. The number of amides is 2. The van der Waals surface area contributed by atoms with Gasteiger partial charge in [0.15, 0.2) is 5.66 Å². The van der Waals surface area contributed by atoms with Gasteiger partial charge in [0, 0.05) is 13.1 Å². The van der Waals surface area contributed by atoms with Crippen molar-refractivity contribution in [3.8, 4) is 0 Å². The number of azo groups is 1. The molecule has 0 spiro atoms. The topological polar surface area (TPSA) is 57.1 Å². The second kappa shape index (κ2) is 7.04. The smallest absolute Gasteiger partial charge is 0.319 e. The molecule has 0 aromatic carbocycles. The van der Waals surface area contributed by atoms with E-state index in [1.807, 2.05) is 34.6 Å². The van der Waals surface area contributed by atoms with Crippen LogP contribution in [0.25, 0.3) is 0 Å². The Balaban J connectivity index is 2.83. The molecule has 1 fully saturated rings. The van der Waals surface area contributed by atoms with Gasteiger partial charge in [-0.2, -0.15) is 10.2 Å². The summed E-state index contributed by atoms with van der Waals surface area (Å²) in [5, 5.41) is 12.1. The lowest BCUT2D eigenvalue weighted by Gasteiger charge is -2.35. The molecule has 20 heavy (non-hydrogen) atoms. The molecule has 1 rings (SSSR count). The van der Waals surface area contributed by atoms with Crippen molar-refractivity contribution >= 4 is 6.03 Å². The molecule has 1 N–H and O–H groups in total. The van der Waals surface area contributed by atoms with Crippen LogP contribution >= 0.6 is 0 Å². The van der Waals surface area contributed by atoms with Crippen LogP contribution in [0.5, 0.6) is 0 Å². The Morgan fingerprint density at radius 1 is 1.15 bits per heavy atom. The monoisotopic (exact) mass is 282 g/mol. The summed E-state index contributed by atoms with van der Waals surface area (Å²) in [6, 6.07) is -0.0234. The summed E-state index contributed by atoms with van der Waals surface area (Å²) in [5.41, 5.74) is -0.699. The number of hydrogen-bond acceptors (Lipinski definition) is 3. The SMILES string of the molecule is CCN(CC)C(=O)NC1(/N=N/C(C)(C)C)CCCCC1. The minimum Gasteiger partial charge on any atom is -0.325 e. The van der Waals surface area contributed by atoms with Gasteiger partial charge < -0.3 is 10.2 Å². The minimum absolute atomic E-state index is 0.0234. The Kier molecular flexibility index (Phi) is 5.96. The maximum Gasteiger partial charge on any atom is 0.319 e. The number of rotatable bonds is 4. The summed E-state index contributed by atoms with van der Waals surface area (Å²) in [6.45, 7) is 11.5. The highest BCUT2D eigenvalue weighted by molar-refractivity contribution is 5.75. The van der Waals surface area contributed by atoms with Gasteiger partial charge in [0.25, 0.3) is 0 Å². The van der Waals surface area contributed by atoms with E-state index in [1.54, 1.807) is 4.90 Å². The number of carbonyl (C=O) groups excluding carboxylic acids is 1.